The summed E-state index contributed by atoms with van der Waals surface area (Å²) in [6.07, 6.45) is 6.78. The molecule has 10 heteroatoms. The number of rotatable bonds is 11. The number of carbonyl (C=O) groups excluding carboxylic acids is 2. The van der Waals surface area contributed by atoms with Crippen LogP contribution in [0.25, 0.3) is 0 Å². The van der Waals surface area contributed by atoms with Crippen LogP contribution in [-0.4, -0.2) is 50.0 Å². The highest BCUT2D eigenvalue weighted by molar-refractivity contribution is 7.92. The van der Waals surface area contributed by atoms with Crippen molar-refractivity contribution in [2.24, 2.45) is 0 Å². The van der Waals surface area contributed by atoms with E-state index in [1.807, 2.05) is 13.0 Å². The van der Waals surface area contributed by atoms with E-state index in [9.17, 15) is 18.0 Å². The van der Waals surface area contributed by atoms with Gasteiger partial charge in [0.25, 0.3) is 0 Å². The number of hydrogen-bond acceptors (Lipinski definition) is 4. The topological polar surface area (TPSA) is 86.8 Å². The molecule has 38 heavy (non-hydrogen) atoms. The number of benzene rings is 2. The molecular weight excluding hydrogens is 545 g/mol. The van der Waals surface area contributed by atoms with Crippen molar-refractivity contribution in [3.8, 4) is 0 Å². The maximum absolute atomic E-state index is 13.5. The number of aryl methyl sites for hydroxylation is 1. The molecule has 1 atom stereocenters. The molecule has 1 fully saturated rings. The number of amides is 2. The summed E-state index contributed by atoms with van der Waals surface area (Å²) in [4.78, 5) is 28.2. The van der Waals surface area contributed by atoms with Crippen molar-refractivity contribution >= 4 is 50.7 Å². The molecule has 2 amide bonds. The molecule has 0 aliphatic heterocycles. The Morgan fingerprint density at radius 2 is 1.76 bits per heavy atom. The lowest BCUT2D eigenvalue weighted by Gasteiger charge is -2.31. The van der Waals surface area contributed by atoms with Gasteiger partial charge in [-0.1, -0.05) is 60.7 Å². The second-order valence-corrected chi connectivity index (χ2v) is 12.8. The van der Waals surface area contributed by atoms with Gasteiger partial charge in [0.2, 0.25) is 21.8 Å². The molecule has 2 aromatic carbocycles. The van der Waals surface area contributed by atoms with E-state index in [1.54, 1.807) is 43.3 Å². The highest BCUT2D eigenvalue weighted by Crippen LogP contribution is 2.25. The van der Waals surface area contributed by atoms with Gasteiger partial charge in [0.1, 0.15) is 6.04 Å². The lowest BCUT2D eigenvalue weighted by atomic mass is 9.95. The van der Waals surface area contributed by atoms with Crippen molar-refractivity contribution in [1.82, 2.24) is 10.2 Å². The molecule has 0 saturated heterocycles. The van der Waals surface area contributed by atoms with Crippen LogP contribution in [0.5, 0.6) is 0 Å². The minimum absolute atomic E-state index is 0.0835. The van der Waals surface area contributed by atoms with Gasteiger partial charge in [0.15, 0.2) is 0 Å². The zero-order valence-corrected chi connectivity index (χ0v) is 24.6. The Morgan fingerprint density at radius 3 is 2.39 bits per heavy atom. The Labute approximate surface area is 236 Å². The standard InChI is InChI=1S/C28H37Cl2N3O4S/c1-20-9-7-12-24(17-20)33(38(3,36)37)16-8-13-27(34)32(19-22-14-15-25(29)26(30)18-22)21(2)28(35)31-23-10-5-4-6-11-23/h7,9,12,14-15,17-18,21,23H,4-6,8,10-11,13,16,19H2,1-3H3,(H,31,35)/t21-/m0/s1. The number of nitrogens with one attached hydrogen (secondary N) is 1. The number of anilines is 1. The predicted octanol–water partition coefficient (Wildman–Crippen LogP) is 5.71. The largest absolute Gasteiger partial charge is 0.352 e. The third-order valence-electron chi connectivity index (χ3n) is 6.90. The zero-order chi connectivity index (χ0) is 27.9. The second-order valence-electron chi connectivity index (χ2n) is 10.1. The van der Waals surface area contributed by atoms with Gasteiger partial charge in [-0.2, -0.15) is 0 Å². The summed E-state index contributed by atoms with van der Waals surface area (Å²) >= 11 is 12.3. The summed E-state index contributed by atoms with van der Waals surface area (Å²) in [5.41, 5.74) is 2.26. The number of sulfonamides is 1. The van der Waals surface area contributed by atoms with Crippen LogP contribution >= 0.6 is 23.2 Å². The van der Waals surface area contributed by atoms with Crippen LogP contribution in [-0.2, 0) is 26.2 Å². The van der Waals surface area contributed by atoms with Crippen LogP contribution in [0.4, 0.5) is 5.69 Å². The molecule has 0 spiro atoms. The van der Waals surface area contributed by atoms with Crippen LogP contribution in [0.1, 0.15) is 63.0 Å². The molecule has 1 saturated carbocycles. The number of halogens is 2. The first kappa shape index (κ1) is 30.3. The third-order valence-corrected chi connectivity index (χ3v) is 8.83. The Bertz CT molecular complexity index is 1230. The van der Waals surface area contributed by atoms with Crippen molar-refractivity contribution in [2.45, 2.75) is 77.4 Å². The molecule has 3 rings (SSSR count). The molecule has 7 nitrogen and oxygen atoms in total. The Balaban J connectivity index is 1.74. The number of hydrogen-bond donors (Lipinski definition) is 1. The van der Waals surface area contributed by atoms with E-state index in [-0.39, 0.29) is 37.4 Å². The molecule has 2 aromatic rings. The van der Waals surface area contributed by atoms with E-state index in [0.717, 1.165) is 43.1 Å². The van der Waals surface area contributed by atoms with Crippen molar-refractivity contribution in [3.05, 3.63) is 63.6 Å². The molecular formula is C28H37Cl2N3O4S. The lowest BCUT2D eigenvalue weighted by Crippen LogP contribution is -2.50. The highest BCUT2D eigenvalue weighted by Gasteiger charge is 2.28. The van der Waals surface area contributed by atoms with Crippen molar-refractivity contribution in [2.75, 3.05) is 17.1 Å². The van der Waals surface area contributed by atoms with E-state index in [2.05, 4.69) is 5.32 Å². The Morgan fingerprint density at radius 1 is 1.05 bits per heavy atom. The summed E-state index contributed by atoms with van der Waals surface area (Å²) < 4.78 is 26.3. The van der Waals surface area contributed by atoms with Crippen LogP contribution in [0.2, 0.25) is 10.0 Å². The van der Waals surface area contributed by atoms with Crippen LogP contribution in [0.15, 0.2) is 42.5 Å². The fourth-order valence-electron chi connectivity index (χ4n) is 4.77. The SMILES string of the molecule is Cc1cccc(N(CCCC(=O)N(Cc2ccc(Cl)c(Cl)c2)[C@@H](C)C(=O)NC2CCCCC2)S(C)(=O)=O)c1. The summed E-state index contributed by atoms with van der Waals surface area (Å²) in [5, 5.41) is 3.90. The molecule has 0 bridgehead atoms. The van der Waals surface area contributed by atoms with E-state index >= 15 is 0 Å². The van der Waals surface area contributed by atoms with Crippen LogP contribution in [0.3, 0.4) is 0 Å². The molecule has 208 valence electrons. The van der Waals surface area contributed by atoms with E-state index in [1.165, 1.54) is 15.6 Å². The highest BCUT2D eigenvalue weighted by atomic mass is 35.5. The van der Waals surface area contributed by atoms with Gasteiger partial charge >= 0.3 is 0 Å². The summed E-state index contributed by atoms with van der Waals surface area (Å²) in [6.45, 7) is 3.96. The Hall–Kier alpha value is -2.29. The van der Waals surface area contributed by atoms with Crippen LogP contribution in [0, 0.1) is 6.92 Å². The Kier molecular flexibility index (Phi) is 10.9. The third kappa shape index (κ3) is 8.61. The fraction of sp³-hybridized carbons (Fsp3) is 0.500. The van der Waals surface area contributed by atoms with Gasteiger partial charge in [-0.05, 0) is 68.5 Å². The molecule has 1 aliphatic rings. The molecule has 1 aliphatic carbocycles. The molecule has 1 N–H and O–H groups in total. The van der Waals surface area contributed by atoms with Gasteiger partial charge in [-0.3, -0.25) is 13.9 Å². The summed E-state index contributed by atoms with van der Waals surface area (Å²) in [5.74, 6) is -0.428. The molecule has 0 unspecified atom stereocenters. The van der Waals surface area contributed by atoms with E-state index in [4.69, 9.17) is 23.2 Å². The number of nitrogens with zero attached hydrogens (tertiary/aromatic N) is 2. The molecule has 0 aromatic heterocycles. The van der Waals surface area contributed by atoms with Gasteiger partial charge in [0.05, 0.1) is 22.0 Å². The summed E-state index contributed by atoms with van der Waals surface area (Å²) in [6, 6.07) is 11.8. The zero-order valence-electron chi connectivity index (χ0n) is 22.3. The van der Waals surface area contributed by atoms with Gasteiger partial charge in [-0.15, -0.1) is 0 Å². The molecule has 0 radical (unpaired) electrons. The average Bonchev–Trinajstić information content (AvgIpc) is 2.86. The predicted molar refractivity (Wildman–Crippen MR) is 154 cm³/mol. The maximum atomic E-state index is 13.5. The second kappa shape index (κ2) is 13.7. The molecule has 0 heterocycles. The normalized spacial score (nSPS) is 15.1. The van der Waals surface area contributed by atoms with Crippen molar-refractivity contribution < 1.29 is 18.0 Å². The van der Waals surface area contributed by atoms with Gasteiger partial charge < -0.3 is 10.2 Å². The van der Waals surface area contributed by atoms with E-state index < -0.39 is 16.1 Å². The monoisotopic (exact) mass is 581 g/mol. The minimum Gasteiger partial charge on any atom is -0.352 e. The van der Waals surface area contributed by atoms with Gasteiger partial charge in [-0.25, -0.2) is 8.42 Å². The van der Waals surface area contributed by atoms with Crippen molar-refractivity contribution in [3.63, 3.8) is 0 Å². The smallest absolute Gasteiger partial charge is 0.242 e. The van der Waals surface area contributed by atoms with Gasteiger partial charge in [0, 0.05) is 25.6 Å². The van der Waals surface area contributed by atoms with E-state index in [0.29, 0.717) is 22.2 Å². The minimum atomic E-state index is -3.54. The van der Waals surface area contributed by atoms with Crippen molar-refractivity contribution in [1.29, 1.82) is 0 Å². The first-order chi connectivity index (χ1) is 18.0. The summed E-state index contributed by atoms with van der Waals surface area (Å²) in [7, 11) is -3.54. The first-order valence-corrected chi connectivity index (χ1v) is 15.6. The average molecular weight is 583 g/mol. The maximum Gasteiger partial charge on any atom is 0.242 e. The lowest BCUT2D eigenvalue weighted by molar-refractivity contribution is -0.141. The number of carbonyl (C=O) groups is 2. The fourth-order valence-corrected chi connectivity index (χ4v) is 6.05. The van der Waals surface area contributed by atoms with Crippen LogP contribution < -0.4 is 9.62 Å². The first-order valence-electron chi connectivity index (χ1n) is 13.0. The quantitative estimate of drug-likeness (QED) is 0.368.